The second-order valence-electron chi connectivity index (χ2n) is 5.55. The van der Waals surface area contributed by atoms with Gasteiger partial charge in [0.15, 0.2) is 0 Å². The number of nitrogens with two attached hydrogens (primary N) is 1. The molecule has 2 saturated carbocycles. The molecule has 16 heavy (non-hydrogen) atoms. The van der Waals surface area contributed by atoms with Crippen LogP contribution in [0.1, 0.15) is 51.4 Å². The molecule has 2 fully saturated rings. The molecule has 0 radical (unpaired) electrons. The summed E-state index contributed by atoms with van der Waals surface area (Å²) < 4.78 is 38.1. The van der Waals surface area contributed by atoms with Crippen LogP contribution in [0.2, 0.25) is 0 Å². The van der Waals surface area contributed by atoms with Crippen molar-refractivity contribution in [3.05, 3.63) is 0 Å². The van der Waals surface area contributed by atoms with Gasteiger partial charge in [0.05, 0.1) is 5.92 Å². The molecule has 0 aromatic heterocycles. The molecule has 0 saturated heterocycles. The highest BCUT2D eigenvalue weighted by Crippen LogP contribution is 2.47. The Morgan fingerprint density at radius 1 is 1.00 bits per heavy atom. The van der Waals surface area contributed by atoms with E-state index in [0.29, 0.717) is 12.3 Å². The molecule has 1 nitrogen and oxygen atoms in total. The second kappa shape index (κ2) is 4.21. The van der Waals surface area contributed by atoms with Crippen LogP contribution in [0.4, 0.5) is 13.2 Å². The molecule has 2 aliphatic rings. The lowest BCUT2D eigenvalue weighted by Gasteiger charge is -2.42. The number of hydrogen-bond acceptors (Lipinski definition) is 1. The third-order valence-electron chi connectivity index (χ3n) is 4.45. The molecule has 4 heteroatoms. The van der Waals surface area contributed by atoms with Crippen molar-refractivity contribution in [2.75, 3.05) is 0 Å². The van der Waals surface area contributed by atoms with Gasteiger partial charge in [-0.1, -0.05) is 19.3 Å². The van der Waals surface area contributed by atoms with Crippen LogP contribution in [0.3, 0.4) is 0 Å². The average Bonchev–Trinajstić information content (AvgIpc) is 2.69. The normalized spacial score (nSPS) is 37.9. The van der Waals surface area contributed by atoms with E-state index in [4.69, 9.17) is 5.73 Å². The molecule has 2 aliphatic carbocycles. The van der Waals surface area contributed by atoms with Crippen LogP contribution in [0, 0.1) is 11.8 Å². The van der Waals surface area contributed by atoms with Gasteiger partial charge < -0.3 is 5.73 Å². The number of alkyl halides is 3. The van der Waals surface area contributed by atoms with E-state index in [1.807, 2.05) is 0 Å². The van der Waals surface area contributed by atoms with E-state index in [0.717, 1.165) is 32.1 Å². The molecule has 2 rings (SSSR count). The summed E-state index contributed by atoms with van der Waals surface area (Å²) in [5, 5.41) is 0. The van der Waals surface area contributed by atoms with Gasteiger partial charge in [-0.3, -0.25) is 0 Å². The summed E-state index contributed by atoms with van der Waals surface area (Å²) in [6.07, 6.45) is 2.13. The fourth-order valence-corrected chi connectivity index (χ4v) is 3.49. The third kappa shape index (κ3) is 2.36. The second-order valence-corrected chi connectivity index (χ2v) is 5.55. The van der Waals surface area contributed by atoms with Crippen molar-refractivity contribution in [2.45, 2.75) is 63.1 Å². The summed E-state index contributed by atoms with van der Waals surface area (Å²) >= 11 is 0. The lowest BCUT2D eigenvalue weighted by Crippen LogP contribution is -2.51. The van der Waals surface area contributed by atoms with Crippen molar-refractivity contribution in [3.63, 3.8) is 0 Å². The Balaban J connectivity index is 2.04. The third-order valence-corrected chi connectivity index (χ3v) is 4.45. The minimum Gasteiger partial charge on any atom is -0.325 e. The Hall–Kier alpha value is -0.250. The summed E-state index contributed by atoms with van der Waals surface area (Å²) in [7, 11) is 0. The standard InChI is InChI=1S/C12H20F3N/c13-12(14,15)10-6-3-7-11(16,8-10)9-4-1-2-5-9/h9-10H,1-8,16H2. The zero-order chi connectivity index (χ0) is 11.8. The lowest BCUT2D eigenvalue weighted by molar-refractivity contribution is -0.189. The van der Waals surface area contributed by atoms with Crippen LogP contribution >= 0.6 is 0 Å². The SMILES string of the molecule is NC1(C2CCCC2)CCCC(C(F)(F)F)C1. The van der Waals surface area contributed by atoms with Gasteiger partial charge in [0.1, 0.15) is 0 Å². The number of halogens is 3. The van der Waals surface area contributed by atoms with Crippen LogP contribution in [-0.2, 0) is 0 Å². The smallest absolute Gasteiger partial charge is 0.325 e. The molecule has 2 atom stereocenters. The quantitative estimate of drug-likeness (QED) is 0.738. The zero-order valence-electron chi connectivity index (χ0n) is 9.52. The summed E-state index contributed by atoms with van der Waals surface area (Å²) in [5.74, 6) is -0.829. The van der Waals surface area contributed by atoms with E-state index in [2.05, 4.69) is 0 Å². The maximum Gasteiger partial charge on any atom is 0.391 e. The summed E-state index contributed by atoms with van der Waals surface area (Å²) in [6, 6.07) is 0. The fraction of sp³-hybridized carbons (Fsp3) is 1.00. The molecule has 0 heterocycles. The minimum atomic E-state index is -4.05. The zero-order valence-corrected chi connectivity index (χ0v) is 9.52. The van der Waals surface area contributed by atoms with Crippen LogP contribution in [-0.4, -0.2) is 11.7 Å². The first-order chi connectivity index (χ1) is 7.42. The average molecular weight is 235 g/mol. The van der Waals surface area contributed by atoms with Gasteiger partial charge in [-0.15, -0.1) is 0 Å². The highest BCUT2D eigenvalue weighted by Gasteiger charge is 2.48. The van der Waals surface area contributed by atoms with Gasteiger partial charge in [0.25, 0.3) is 0 Å². The van der Waals surface area contributed by atoms with Crippen LogP contribution < -0.4 is 5.73 Å². The van der Waals surface area contributed by atoms with Crippen molar-refractivity contribution in [2.24, 2.45) is 17.6 Å². The van der Waals surface area contributed by atoms with Gasteiger partial charge in [0.2, 0.25) is 0 Å². The van der Waals surface area contributed by atoms with Gasteiger partial charge >= 0.3 is 6.18 Å². The maximum atomic E-state index is 12.7. The molecule has 0 aromatic rings. The summed E-state index contributed by atoms with van der Waals surface area (Å²) in [5.41, 5.74) is 5.72. The highest BCUT2D eigenvalue weighted by molar-refractivity contribution is 4.98. The van der Waals surface area contributed by atoms with Gasteiger partial charge in [0, 0.05) is 5.54 Å². The molecule has 0 aliphatic heterocycles. The molecule has 0 spiro atoms. The predicted octanol–water partition coefficient (Wildman–Crippen LogP) is 3.63. The largest absolute Gasteiger partial charge is 0.391 e. The Bertz CT molecular complexity index is 245. The first-order valence-electron chi connectivity index (χ1n) is 6.27. The van der Waals surface area contributed by atoms with Gasteiger partial charge in [-0.2, -0.15) is 13.2 Å². The van der Waals surface area contributed by atoms with E-state index in [1.165, 1.54) is 0 Å². The summed E-state index contributed by atoms with van der Waals surface area (Å²) in [6.45, 7) is 0. The van der Waals surface area contributed by atoms with Crippen molar-refractivity contribution in [1.29, 1.82) is 0 Å². The Morgan fingerprint density at radius 3 is 2.19 bits per heavy atom. The van der Waals surface area contributed by atoms with Crippen LogP contribution in [0.15, 0.2) is 0 Å². The summed E-state index contributed by atoms with van der Waals surface area (Å²) in [4.78, 5) is 0. The Morgan fingerprint density at radius 2 is 1.62 bits per heavy atom. The van der Waals surface area contributed by atoms with Gasteiger partial charge in [-0.25, -0.2) is 0 Å². The molecule has 2 unspecified atom stereocenters. The molecule has 0 bridgehead atoms. The van der Waals surface area contributed by atoms with Crippen molar-refractivity contribution < 1.29 is 13.2 Å². The van der Waals surface area contributed by atoms with E-state index in [9.17, 15) is 13.2 Å². The molecule has 0 aromatic carbocycles. The van der Waals surface area contributed by atoms with Crippen molar-refractivity contribution in [3.8, 4) is 0 Å². The first-order valence-corrected chi connectivity index (χ1v) is 6.27. The van der Waals surface area contributed by atoms with E-state index in [1.54, 1.807) is 0 Å². The van der Waals surface area contributed by atoms with Crippen LogP contribution in [0.5, 0.6) is 0 Å². The van der Waals surface area contributed by atoms with E-state index in [-0.39, 0.29) is 12.8 Å². The van der Waals surface area contributed by atoms with Crippen LogP contribution in [0.25, 0.3) is 0 Å². The first kappa shape index (κ1) is 12.2. The number of rotatable bonds is 1. The fourth-order valence-electron chi connectivity index (χ4n) is 3.49. The van der Waals surface area contributed by atoms with Crippen molar-refractivity contribution >= 4 is 0 Å². The van der Waals surface area contributed by atoms with E-state index >= 15 is 0 Å². The topological polar surface area (TPSA) is 26.0 Å². The molecule has 0 amide bonds. The highest BCUT2D eigenvalue weighted by atomic mass is 19.4. The molecule has 2 N–H and O–H groups in total. The van der Waals surface area contributed by atoms with E-state index < -0.39 is 17.6 Å². The lowest BCUT2D eigenvalue weighted by atomic mass is 9.68. The van der Waals surface area contributed by atoms with Gasteiger partial charge in [-0.05, 0) is 38.0 Å². The Kier molecular flexibility index (Phi) is 3.21. The molecular formula is C12H20F3N. The molecule has 94 valence electrons. The monoisotopic (exact) mass is 235 g/mol. The Labute approximate surface area is 94.6 Å². The predicted molar refractivity (Wildman–Crippen MR) is 56.9 cm³/mol. The number of hydrogen-bond donors (Lipinski definition) is 1. The van der Waals surface area contributed by atoms with Crippen molar-refractivity contribution in [1.82, 2.24) is 0 Å². The maximum absolute atomic E-state index is 12.7. The molecular weight excluding hydrogens is 215 g/mol. The minimum absolute atomic E-state index is 0.154.